The van der Waals surface area contributed by atoms with E-state index in [9.17, 15) is 9.90 Å². The van der Waals surface area contributed by atoms with Gasteiger partial charge in [-0.25, -0.2) is 0 Å². The van der Waals surface area contributed by atoms with Gasteiger partial charge in [0.15, 0.2) is 0 Å². The number of nitrogens with zero attached hydrogens (tertiary/aromatic N) is 1. The lowest BCUT2D eigenvalue weighted by atomic mass is 9.88. The largest absolute Gasteiger partial charge is 0.392 e. The molecule has 1 aliphatic heterocycles. The first-order chi connectivity index (χ1) is 12.2. The van der Waals surface area contributed by atoms with Crippen LogP contribution in [-0.2, 0) is 13.2 Å². The van der Waals surface area contributed by atoms with Crippen molar-refractivity contribution in [1.82, 2.24) is 10.2 Å². The van der Waals surface area contributed by atoms with E-state index >= 15 is 0 Å². The van der Waals surface area contributed by atoms with Crippen LogP contribution < -0.4 is 5.32 Å². The van der Waals surface area contributed by atoms with E-state index in [1.54, 1.807) is 6.07 Å². The van der Waals surface area contributed by atoms with Gasteiger partial charge in [0.2, 0.25) is 0 Å². The third-order valence-corrected chi connectivity index (χ3v) is 4.94. The minimum atomic E-state index is -0.0356. The smallest absolute Gasteiger partial charge is 0.253 e. The monoisotopic (exact) mass is 338 g/mol. The van der Waals surface area contributed by atoms with Crippen molar-refractivity contribution in [1.29, 1.82) is 0 Å². The Morgan fingerprint density at radius 3 is 2.56 bits per heavy atom. The highest BCUT2D eigenvalue weighted by atomic mass is 16.3. The van der Waals surface area contributed by atoms with E-state index in [1.165, 1.54) is 11.1 Å². The first-order valence-electron chi connectivity index (χ1n) is 8.93. The van der Waals surface area contributed by atoms with Crippen LogP contribution in [0.5, 0.6) is 0 Å². The van der Waals surface area contributed by atoms with Gasteiger partial charge in [0, 0.05) is 25.2 Å². The molecule has 0 saturated carbocycles. The predicted octanol–water partition coefficient (Wildman–Crippen LogP) is 2.92. The van der Waals surface area contributed by atoms with Crippen molar-refractivity contribution in [3.63, 3.8) is 0 Å². The second-order valence-corrected chi connectivity index (χ2v) is 6.70. The van der Waals surface area contributed by atoms with Crippen molar-refractivity contribution in [3.8, 4) is 0 Å². The molecule has 0 bridgehead atoms. The zero-order valence-electron chi connectivity index (χ0n) is 14.7. The molecule has 0 radical (unpaired) electrons. The molecule has 4 heteroatoms. The summed E-state index contributed by atoms with van der Waals surface area (Å²) in [5, 5.41) is 12.4. The molecule has 0 unspecified atom stereocenters. The average Bonchev–Trinajstić information content (AvgIpc) is 2.68. The van der Waals surface area contributed by atoms with Gasteiger partial charge in [-0.15, -0.1) is 0 Å². The van der Waals surface area contributed by atoms with Crippen LogP contribution in [0.15, 0.2) is 48.5 Å². The van der Waals surface area contributed by atoms with E-state index in [0.717, 1.165) is 38.0 Å². The molecular formula is C21H26N2O2. The molecule has 0 atom stereocenters. The highest BCUT2D eigenvalue weighted by Crippen LogP contribution is 2.29. The summed E-state index contributed by atoms with van der Waals surface area (Å²) in [7, 11) is 1.96. The standard InChI is InChI=1S/C21H26N2O2/c1-22-14-16-4-2-6-19(12-16)18-8-10-23(11-9-18)21(25)20-7-3-5-17(13-20)15-24/h2-7,12-13,18,22,24H,8-11,14-15H2,1H3. The van der Waals surface area contributed by atoms with E-state index in [0.29, 0.717) is 11.5 Å². The number of hydrogen-bond donors (Lipinski definition) is 2. The molecule has 2 N–H and O–H groups in total. The summed E-state index contributed by atoms with van der Waals surface area (Å²) in [6.07, 6.45) is 1.99. The van der Waals surface area contributed by atoms with Crippen LogP contribution in [0, 0.1) is 0 Å². The van der Waals surface area contributed by atoms with Gasteiger partial charge in [-0.2, -0.15) is 0 Å². The Balaban J connectivity index is 1.63. The molecule has 25 heavy (non-hydrogen) atoms. The van der Waals surface area contributed by atoms with Gasteiger partial charge >= 0.3 is 0 Å². The van der Waals surface area contributed by atoms with E-state index in [4.69, 9.17) is 0 Å². The normalized spacial score (nSPS) is 15.4. The Morgan fingerprint density at radius 1 is 1.12 bits per heavy atom. The van der Waals surface area contributed by atoms with E-state index in [2.05, 4.69) is 29.6 Å². The molecule has 0 aliphatic carbocycles. The van der Waals surface area contributed by atoms with Gasteiger partial charge in [-0.3, -0.25) is 4.79 Å². The Kier molecular flexibility index (Phi) is 5.84. The van der Waals surface area contributed by atoms with Gasteiger partial charge in [0.1, 0.15) is 0 Å². The molecule has 1 amide bonds. The maximum Gasteiger partial charge on any atom is 0.253 e. The number of rotatable bonds is 5. The van der Waals surface area contributed by atoms with Gasteiger partial charge in [0.05, 0.1) is 6.61 Å². The van der Waals surface area contributed by atoms with Crippen LogP contribution in [-0.4, -0.2) is 36.1 Å². The number of amides is 1. The van der Waals surface area contributed by atoms with Crippen LogP contribution in [0.4, 0.5) is 0 Å². The molecule has 1 fully saturated rings. The lowest BCUT2D eigenvalue weighted by molar-refractivity contribution is 0.0713. The van der Waals surface area contributed by atoms with Crippen LogP contribution in [0.3, 0.4) is 0 Å². The van der Waals surface area contributed by atoms with Crippen LogP contribution in [0.1, 0.15) is 45.8 Å². The van der Waals surface area contributed by atoms with E-state index in [-0.39, 0.29) is 12.5 Å². The second kappa shape index (κ2) is 8.28. The van der Waals surface area contributed by atoms with Crippen LogP contribution in [0.2, 0.25) is 0 Å². The summed E-state index contributed by atoms with van der Waals surface area (Å²) in [6.45, 7) is 2.41. The Morgan fingerprint density at radius 2 is 1.84 bits per heavy atom. The van der Waals surface area contributed by atoms with Gasteiger partial charge in [0.25, 0.3) is 5.91 Å². The zero-order valence-corrected chi connectivity index (χ0v) is 14.7. The number of likely N-dealkylation sites (tertiary alicyclic amines) is 1. The number of hydrogen-bond acceptors (Lipinski definition) is 3. The minimum absolute atomic E-state index is 0.0356. The van der Waals surface area contributed by atoms with Crippen LogP contribution in [0.25, 0.3) is 0 Å². The first kappa shape index (κ1) is 17.6. The van der Waals surface area contributed by atoms with Crippen molar-refractivity contribution >= 4 is 5.91 Å². The quantitative estimate of drug-likeness (QED) is 0.881. The number of aliphatic hydroxyl groups excluding tert-OH is 1. The van der Waals surface area contributed by atoms with Crippen molar-refractivity contribution in [3.05, 3.63) is 70.8 Å². The fraction of sp³-hybridized carbons (Fsp3) is 0.381. The second-order valence-electron chi connectivity index (χ2n) is 6.70. The van der Waals surface area contributed by atoms with Gasteiger partial charge < -0.3 is 15.3 Å². The summed E-state index contributed by atoms with van der Waals surface area (Å²) >= 11 is 0. The third-order valence-electron chi connectivity index (χ3n) is 4.94. The van der Waals surface area contributed by atoms with Crippen molar-refractivity contribution in [2.45, 2.75) is 31.9 Å². The molecule has 132 valence electrons. The van der Waals surface area contributed by atoms with Crippen molar-refractivity contribution < 1.29 is 9.90 Å². The number of nitrogens with one attached hydrogen (secondary N) is 1. The molecule has 1 saturated heterocycles. The molecule has 1 aliphatic rings. The number of benzene rings is 2. The fourth-order valence-electron chi connectivity index (χ4n) is 3.56. The van der Waals surface area contributed by atoms with E-state index < -0.39 is 0 Å². The van der Waals surface area contributed by atoms with Crippen LogP contribution >= 0.6 is 0 Å². The van der Waals surface area contributed by atoms with Gasteiger partial charge in [-0.1, -0.05) is 36.4 Å². The maximum atomic E-state index is 12.7. The summed E-state index contributed by atoms with van der Waals surface area (Å²) in [5.74, 6) is 0.585. The summed E-state index contributed by atoms with van der Waals surface area (Å²) in [4.78, 5) is 14.6. The molecule has 1 heterocycles. The van der Waals surface area contributed by atoms with Crippen molar-refractivity contribution in [2.75, 3.05) is 20.1 Å². The van der Waals surface area contributed by atoms with E-state index in [1.807, 2.05) is 30.1 Å². The average molecular weight is 338 g/mol. The summed E-state index contributed by atoms with van der Waals surface area (Å²) in [5.41, 5.74) is 4.13. The molecule has 2 aromatic carbocycles. The lowest BCUT2D eigenvalue weighted by Gasteiger charge is -2.32. The highest BCUT2D eigenvalue weighted by Gasteiger charge is 2.24. The maximum absolute atomic E-state index is 12.7. The fourth-order valence-corrected chi connectivity index (χ4v) is 3.56. The lowest BCUT2D eigenvalue weighted by Crippen LogP contribution is -2.38. The molecule has 3 rings (SSSR count). The Labute approximate surface area is 149 Å². The highest BCUT2D eigenvalue weighted by molar-refractivity contribution is 5.94. The summed E-state index contributed by atoms with van der Waals surface area (Å²) in [6, 6.07) is 16.0. The van der Waals surface area contributed by atoms with Gasteiger partial charge in [-0.05, 0) is 54.6 Å². The molecule has 0 spiro atoms. The topological polar surface area (TPSA) is 52.6 Å². The predicted molar refractivity (Wildman–Crippen MR) is 99.4 cm³/mol. The molecule has 0 aromatic heterocycles. The first-order valence-corrected chi connectivity index (χ1v) is 8.93. The number of piperidine rings is 1. The Hall–Kier alpha value is -2.17. The summed E-state index contributed by atoms with van der Waals surface area (Å²) < 4.78 is 0. The minimum Gasteiger partial charge on any atom is -0.392 e. The number of carbonyl (C=O) groups is 1. The van der Waals surface area contributed by atoms with Crippen molar-refractivity contribution in [2.24, 2.45) is 0 Å². The number of aliphatic hydroxyl groups is 1. The molecule has 2 aromatic rings. The zero-order chi connectivity index (χ0) is 17.6. The molecular weight excluding hydrogens is 312 g/mol. The SMILES string of the molecule is CNCc1cccc(C2CCN(C(=O)c3cccc(CO)c3)CC2)c1. The third kappa shape index (κ3) is 4.27. The number of carbonyl (C=O) groups excluding carboxylic acids is 1. The Bertz CT molecular complexity index is 721. The molecule has 4 nitrogen and oxygen atoms in total.